The molecule has 0 radical (unpaired) electrons. The molecule has 0 aliphatic heterocycles. The van der Waals surface area contributed by atoms with E-state index in [2.05, 4.69) is 10.3 Å². The van der Waals surface area contributed by atoms with E-state index in [0.29, 0.717) is 18.7 Å². The van der Waals surface area contributed by atoms with Crippen LogP contribution < -0.4 is 10.8 Å². The second-order valence-corrected chi connectivity index (χ2v) is 8.04. The van der Waals surface area contributed by atoms with Gasteiger partial charge in [-0.3, -0.25) is 15.0 Å². The molecule has 0 unspecified atom stereocenters. The Morgan fingerprint density at radius 3 is 2.55 bits per heavy atom. The minimum atomic E-state index is -3.74. The number of carbonyl (C=O) groups is 1. The summed E-state index contributed by atoms with van der Waals surface area (Å²) in [6.07, 6.45) is 8.79. The zero-order chi connectivity index (χ0) is 20.7. The average Bonchev–Trinajstić information content (AvgIpc) is 3.23. The van der Waals surface area contributed by atoms with Gasteiger partial charge in [0.1, 0.15) is 0 Å². The van der Waals surface area contributed by atoms with E-state index in [-0.39, 0.29) is 4.90 Å². The lowest BCUT2D eigenvalue weighted by molar-refractivity contribution is -0.124. The van der Waals surface area contributed by atoms with Crippen LogP contribution in [0.25, 0.3) is 6.08 Å². The minimum absolute atomic E-state index is 0.160. The molecular weight excluding hydrogens is 392 g/mol. The molecule has 0 aliphatic rings. The molecule has 0 fully saturated rings. The van der Waals surface area contributed by atoms with Crippen molar-refractivity contribution >= 4 is 22.0 Å². The molecule has 1 amide bonds. The molecule has 3 N–H and O–H groups in total. The average molecular weight is 412 g/mol. The van der Waals surface area contributed by atoms with Gasteiger partial charge >= 0.3 is 0 Å². The molecule has 29 heavy (non-hydrogen) atoms. The van der Waals surface area contributed by atoms with Gasteiger partial charge in [0.2, 0.25) is 0 Å². The molecule has 0 saturated carbocycles. The molecule has 9 heteroatoms. The highest BCUT2D eigenvalue weighted by Crippen LogP contribution is 2.17. The van der Waals surface area contributed by atoms with E-state index in [1.807, 2.05) is 12.1 Å². The van der Waals surface area contributed by atoms with Crippen LogP contribution in [0, 0.1) is 0 Å². The van der Waals surface area contributed by atoms with Crippen molar-refractivity contribution in [2.75, 3.05) is 0 Å². The summed E-state index contributed by atoms with van der Waals surface area (Å²) in [7, 11) is -3.74. The first-order chi connectivity index (χ1) is 14.0. The third-order valence-electron chi connectivity index (χ3n) is 4.11. The monoisotopic (exact) mass is 412 g/mol. The van der Waals surface area contributed by atoms with Crippen LogP contribution in [0.4, 0.5) is 0 Å². The maximum absolute atomic E-state index is 12.7. The van der Waals surface area contributed by atoms with Gasteiger partial charge in [-0.15, -0.1) is 0 Å². The van der Waals surface area contributed by atoms with Gasteiger partial charge in [-0.1, -0.05) is 18.2 Å². The SMILES string of the molecule is O=C(/C=C/c1ccn(S(=O)(=O)c2ccc(CNCc3cccnc3)cc2)c1)NO. The molecule has 0 spiro atoms. The maximum atomic E-state index is 12.7. The van der Waals surface area contributed by atoms with Gasteiger partial charge < -0.3 is 5.32 Å². The second kappa shape index (κ2) is 9.28. The van der Waals surface area contributed by atoms with Crippen LogP contribution in [0.2, 0.25) is 0 Å². The lowest BCUT2D eigenvalue weighted by Gasteiger charge is -2.08. The van der Waals surface area contributed by atoms with Crippen LogP contribution in [0.5, 0.6) is 0 Å². The fraction of sp³-hybridized carbons (Fsp3) is 0.100. The minimum Gasteiger partial charge on any atom is -0.309 e. The smallest absolute Gasteiger partial charge is 0.267 e. The molecule has 0 aliphatic carbocycles. The number of aromatic nitrogens is 2. The number of nitrogens with zero attached hydrogens (tertiary/aromatic N) is 2. The first-order valence-corrected chi connectivity index (χ1v) is 10.2. The summed E-state index contributed by atoms with van der Waals surface area (Å²) in [5.41, 5.74) is 4.00. The van der Waals surface area contributed by atoms with Crippen LogP contribution in [-0.4, -0.2) is 28.5 Å². The van der Waals surface area contributed by atoms with Crippen molar-refractivity contribution in [3.05, 3.63) is 90.0 Å². The molecule has 2 aromatic heterocycles. The highest BCUT2D eigenvalue weighted by atomic mass is 32.2. The van der Waals surface area contributed by atoms with Crippen LogP contribution >= 0.6 is 0 Å². The number of hydrogen-bond donors (Lipinski definition) is 3. The van der Waals surface area contributed by atoms with Crippen LogP contribution in [0.15, 0.2) is 78.2 Å². The summed E-state index contributed by atoms with van der Waals surface area (Å²) < 4.78 is 26.6. The van der Waals surface area contributed by atoms with Crippen molar-refractivity contribution in [3.8, 4) is 0 Å². The first kappa shape index (κ1) is 20.5. The Hall–Kier alpha value is -3.27. The Kier molecular flexibility index (Phi) is 6.55. The number of nitrogens with one attached hydrogen (secondary N) is 2. The standard InChI is InChI=1S/C20H20N4O4S/c25-20(23-26)8-5-17-9-11-24(15-17)29(27,28)19-6-3-16(4-7-19)12-22-14-18-2-1-10-21-13-18/h1-11,13,15,22,26H,12,14H2,(H,23,25)/b8-5+. The Morgan fingerprint density at radius 2 is 1.86 bits per heavy atom. The molecule has 3 aromatic rings. The van der Waals surface area contributed by atoms with Crippen LogP contribution in [0.1, 0.15) is 16.7 Å². The van der Waals surface area contributed by atoms with Gasteiger partial charge in [-0.25, -0.2) is 17.9 Å². The number of hydrogen-bond acceptors (Lipinski definition) is 6. The van der Waals surface area contributed by atoms with Crippen LogP contribution in [0.3, 0.4) is 0 Å². The zero-order valence-corrected chi connectivity index (χ0v) is 16.2. The van der Waals surface area contributed by atoms with Crippen molar-refractivity contribution in [2.24, 2.45) is 0 Å². The van der Waals surface area contributed by atoms with Crippen molar-refractivity contribution in [2.45, 2.75) is 18.0 Å². The van der Waals surface area contributed by atoms with Crippen molar-refractivity contribution in [1.29, 1.82) is 0 Å². The maximum Gasteiger partial charge on any atom is 0.267 e. The predicted molar refractivity (Wildman–Crippen MR) is 107 cm³/mol. The number of carbonyl (C=O) groups excluding carboxylic acids is 1. The molecule has 0 bridgehead atoms. The Morgan fingerprint density at radius 1 is 1.10 bits per heavy atom. The molecule has 0 saturated heterocycles. The molecule has 8 nitrogen and oxygen atoms in total. The molecule has 150 valence electrons. The quantitative estimate of drug-likeness (QED) is 0.296. The van der Waals surface area contributed by atoms with Gasteiger partial charge in [0, 0.05) is 44.0 Å². The summed E-state index contributed by atoms with van der Waals surface area (Å²) in [4.78, 5) is 15.2. The Balaban J connectivity index is 1.64. The van der Waals surface area contributed by atoms with Gasteiger partial charge in [0.05, 0.1) is 4.90 Å². The highest BCUT2D eigenvalue weighted by Gasteiger charge is 2.16. The molecule has 3 rings (SSSR count). The lowest BCUT2D eigenvalue weighted by Crippen LogP contribution is -2.14. The lowest BCUT2D eigenvalue weighted by atomic mass is 10.2. The Bertz CT molecular complexity index is 1090. The third kappa shape index (κ3) is 5.38. The van der Waals surface area contributed by atoms with E-state index >= 15 is 0 Å². The number of rotatable bonds is 8. The summed E-state index contributed by atoms with van der Waals surface area (Å²) in [6.45, 7) is 1.27. The van der Waals surface area contributed by atoms with E-state index in [1.165, 1.54) is 23.9 Å². The van der Waals surface area contributed by atoms with E-state index in [1.54, 1.807) is 42.7 Å². The van der Waals surface area contributed by atoms with Gasteiger partial charge in [0.15, 0.2) is 0 Å². The number of hydroxylamine groups is 1. The number of benzene rings is 1. The summed E-state index contributed by atoms with van der Waals surface area (Å²) in [5.74, 6) is -0.701. The van der Waals surface area contributed by atoms with Gasteiger partial charge in [-0.05, 0) is 47.0 Å². The predicted octanol–water partition coefficient (Wildman–Crippen LogP) is 1.93. The molecule has 2 heterocycles. The molecular formula is C20H20N4O4S. The molecule has 1 aromatic carbocycles. The van der Waals surface area contributed by atoms with E-state index < -0.39 is 15.9 Å². The molecule has 0 atom stereocenters. The fourth-order valence-corrected chi connectivity index (χ4v) is 3.81. The third-order valence-corrected chi connectivity index (χ3v) is 5.76. The normalized spacial score (nSPS) is 11.6. The summed E-state index contributed by atoms with van der Waals surface area (Å²) in [5, 5.41) is 11.8. The second-order valence-electron chi connectivity index (χ2n) is 6.20. The fourth-order valence-electron chi connectivity index (χ4n) is 2.60. The summed E-state index contributed by atoms with van der Waals surface area (Å²) >= 11 is 0. The van der Waals surface area contributed by atoms with Gasteiger partial charge in [0.25, 0.3) is 15.9 Å². The zero-order valence-electron chi connectivity index (χ0n) is 15.4. The van der Waals surface area contributed by atoms with E-state index in [9.17, 15) is 13.2 Å². The number of pyridine rings is 1. The van der Waals surface area contributed by atoms with E-state index in [0.717, 1.165) is 21.2 Å². The topological polar surface area (TPSA) is 113 Å². The van der Waals surface area contributed by atoms with Gasteiger partial charge in [-0.2, -0.15) is 0 Å². The highest BCUT2D eigenvalue weighted by molar-refractivity contribution is 7.90. The van der Waals surface area contributed by atoms with Crippen LogP contribution in [-0.2, 0) is 27.9 Å². The number of amides is 1. The largest absolute Gasteiger partial charge is 0.309 e. The van der Waals surface area contributed by atoms with Crippen molar-refractivity contribution in [3.63, 3.8) is 0 Å². The van der Waals surface area contributed by atoms with E-state index in [4.69, 9.17) is 5.21 Å². The van der Waals surface area contributed by atoms with Crippen molar-refractivity contribution in [1.82, 2.24) is 19.8 Å². The summed E-state index contributed by atoms with van der Waals surface area (Å²) in [6, 6.07) is 12.1. The first-order valence-electron chi connectivity index (χ1n) is 8.73. The Labute approximate surface area is 168 Å². The van der Waals surface area contributed by atoms with Crippen molar-refractivity contribution < 1.29 is 18.4 Å².